The summed E-state index contributed by atoms with van der Waals surface area (Å²) in [6.07, 6.45) is 2.46. The molecule has 1 aliphatic rings. The molecular weight excluding hydrogens is 258 g/mol. The SMILES string of the molecule is CCC(CC)(CN)C(=O)NCC1(C(N)=O)CCOCC1. The molecule has 6 nitrogen and oxygen atoms in total. The average Bonchev–Trinajstić information content (AvgIpc) is 2.48. The second-order valence-electron chi connectivity index (χ2n) is 5.63. The Labute approximate surface area is 120 Å². The molecule has 2 amide bonds. The van der Waals surface area contributed by atoms with Gasteiger partial charge in [0.2, 0.25) is 11.8 Å². The quantitative estimate of drug-likeness (QED) is 0.618. The van der Waals surface area contributed by atoms with Gasteiger partial charge in [-0.1, -0.05) is 13.8 Å². The molecule has 0 aromatic carbocycles. The largest absolute Gasteiger partial charge is 0.381 e. The van der Waals surface area contributed by atoms with Crippen molar-refractivity contribution in [2.75, 3.05) is 26.3 Å². The van der Waals surface area contributed by atoms with Gasteiger partial charge in [0.1, 0.15) is 0 Å². The van der Waals surface area contributed by atoms with E-state index in [4.69, 9.17) is 16.2 Å². The molecule has 0 bridgehead atoms. The van der Waals surface area contributed by atoms with Gasteiger partial charge in [-0.3, -0.25) is 9.59 Å². The fourth-order valence-electron chi connectivity index (χ4n) is 2.66. The van der Waals surface area contributed by atoms with E-state index < -0.39 is 10.8 Å². The van der Waals surface area contributed by atoms with Gasteiger partial charge in [-0.25, -0.2) is 0 Å². The second-order valence-corrected chi connectivity index (χ2v) is 5.63. The van der Waals surface area contributed by atoms with Crippen LogP contribution in [0.2, 0.25) is 0 Å². The zero-order valence-electron chi connectivity index (χ0n) is 12.5. The molecule has 6 heteroatoms. The summed E-state index contributed by atoms with van der Waals surface area (Å²) in [4.78, 5) is 24.1. The molecule has 0 spiro atoms. The van der Waals surface area contributed by atoms with E-state index in [0.717, 1.165) is 0 Å². The van der Waals surface area contributed by atoms with Crippen molar-refractivity contribution in [1.29, 1.82) is 0 Å². The van der Waals surface area contributed by atoms with Crippen LogP contribution in [-0.2, 0) is 14.3 Å². The highest BCUT2D eigenvalue weighted by Crippen LogP contribution is 2.31. The summed E-state index contributed by atoms with van der Waals surface area (Å²) in [7, 11) is 0. The molecule has 0 unspecified atom stereocenters. The number of rotatable bonds is 7. The normalized spacial score (nSPS) is 18.6. The molecule has 5 N–H and O–H groups in total. The van der Waals surface area contributed by atoms with Gasteiger partial charge in [0.25, 0.3) is 0 Å². The minimum Gasteiger partial charge on any atom is -0.381 e. The van der Waals surface area contributed by atoms with Crippen LogP contribution < -0.4 is 16.8 Å². The number of primary amides is 1. The average molecular weight is 285 g/mol. The molecule has 0 aromatic heterocycles. The summed E-state index contributed by atoms with van der Waals surface area (Å²) in [5, 5.41) is 2.89. The summed E-state index contributed by atoms with van der Waals surface area (Å²) in [6, 6.07) is 0. The first-order chi connectivity index (χ1) is 9.46. The van der Waals surface area contributed by atoms with Gasteiger partial charge >= 0.3 is 0 Å². The fourth-order valence-corrected chi connectivity index (χ4v) is 2.66. The molecule has 1 rings (SSSR count). The van der Waals surface area contributed by atoms with E-state index in [0.29, 0.717) is 45.4 Å². The molecule has 0 radical (unpaired) electrons. The first-order valence-corrected chi connectivity index (χ1v) is 7.32. The minimum atomic E-state index is -0.685. The fraction of sp³-hybridized carbons (Fsp3) is 0.857. The Hall–Kier alpha value is -1.14. The number of carbonyl (C=O) groups is 2. The van der Waals surface area contributed by atoms with Crippen molar-refractivity contribution in [3.63, 3.8) is 0 Å². The first kappa shape index (κ1) is 16.9. The smallest absolute Gasteiger partial charge is 0.227 e. The monoisotopic (exact) mass is 285 g/mol. The second kappa shape index (κ2) is 7.04. The lowest BCUT2D eigenvalue weighted by Gasteiger charge is -2.36. The van der Waals surface area contributed by atoms with Crippen LogP contribution >= 0.6 is 0 Å². The van der Waals surface area contributed by atoms with Crippen LogP contribution in [0.3, 0.4) is 0 Å². The van der Waals surface area contributed by atoms with E-state index >= 15 is 0 Å². The molecule has 1 aliphatic heterocycles. The summed E-state index contributed by atoms with van der Waals surface area (Å²) >= 11 is 0. The van der Waals surface area contributed by atoms with E-state index in [1.807, 2.05) is 13.8 Å². The van der Waals surface area contributed by atoms with Gasteiger partial charge < -0.3 is 21.5 Å². The Morgan fingerprint density at radius 2 is 1.80 bits per heavy atom. The molecule has 20 heavy (non-hydrogen) atoms. The molecular formula is C14H27N3O3. The lowest BCUT2D eigenvalue weighted by Crippen LogP contribution is -2.53. The van der Waals surface area contributed by atoms with Crippen molar-refractivity contribution in [3.05, 3.63) is 0 Å². The van der Waals surface area contributed by atoms with Crippen LogP contribution in [0.5, 0.6) is 0 Å². The number of carbonyl (C=O) groups excluding carboxylic acids is 2. The molecule has 116 valence electrons. The third-order valence-electron chi connectivity index (χ3n) is 4.79. The van der Waals surface area contributed by atoms with Gasteiger partial charge in [0, 0.05) is 26.3 Å². The van der Waals surface area contributed by atoms with E-state index in [1.54, 1.807) is 0 Å². The Bertz CT molecular complexity index is 339. The Morgan fingerprint density at radius 1 is 1.25 bits per heavy atom. The van der Waals surface area contributed by atoms with Crippen LogP contribution in [0, 0.1) is 10.8 Å². The maximum absolute atomic E-state index is 12.4. The highest BCUT2D eigenvalue weighted by molar-refractivity contribution is 5.85. The standard InChI is InChI=1S/C14H27N3O3/c1-3-13(4-2,9-15)12(19)17-10-14(11(16)18)5-7-20-8-6-14/h3-10,15H2,1-2H3,(H2,16,18)(H,17,19). The van der Waals surface area contributed by atoms with Crippen LogP contribution in [0.1, 0.15) is 39.5 Å². The summed E-state index contributed by atoms with van der Waals surface area (Å²) in [5.41, 5.74) is 10.0. The topological polar surface area (TPSA) is 107 Å². The highest BCUT2D eigenvalue weighted by Gasteiger charge is 2.41. The maximum Gasteiger partial charge on any atom is 0.227 e. The van der Waals surface area contributed by atoms with E-state index in [-0.39, 0.29) is 18.4 Å². The van der Waals surface area contributed by atoms with Gasteiger partial charge in [-0.2, -0.15) is 0 Å². The van der Waals surface area contributed by atoms with Gasteiger partial charge in [0.05, 0.1) is 10.8 Å². The van der Waals surface area contributed by atoms with Crippen molar-refractivity contribution in [2.24, 2.45) is 22.3 Å². The molecule has 1 heterocycles. The van der Waals surface area contributed by atoms with Crippen LogP contribution in [0.25, 0.3) is 0 Å². The number of nitrogens with two attached hydrogens (primary N) is 2. The molecule has 0 aromatic rings. The van der Waals surface area contributed by atoms with E-state index in [2.05, 4.69) is 5.32 Å². The van der Waals surface area contributed by atoms with E-state index in [1.165, 1.54) is 0 Å². The summed E-state index contributed by atoms with van der Waals surface area (Å²) in [6.45, 7) is 5.48. The van der Waals surface area contributed by atoms with Crippen molar-refractivity contribution in [1.82, 2.24) is 5.32 Å². The van der Waals surface area contributed by atoms with Crippen molar-refractivity contribution in [2.45, 2.75) is 39.5 Å². The number of hydrogen-bond donors (Lipinski definition) is 3. The van der Waals surface area contributed by atoms with Crippen molar-refractivity contribution >= 4 is 11.8 Å². The zero-order valence-corrected chi connectivity index (χ0v) is 12.5. The molecule has 0 aliphatic carbocycles. The Morgan fingerprint density at radius 3 is 2.20 bits per heavy atom. The van der Waals surface area contributed by atoms with E-state index in [9.17, 15) is 9.59 Å². The third-order valence-corrected chi connectivity index (χ3v) is 4.79. The predicted molar refractivity (Wildman–Crippen MR) is 76.8 cm³/mol. The molecule has 0 atom stereocenters. The predicted octanol–water partition coefficient (Wildman–Crippen LogP) is 0.150. The van der Waals surface area contributed by atoms with Gasteiger partial charge in [0.15, 0.2) is 0 Å². The molecule has 0 saturated carbocycles. The first-order valence-electron chi connectivity index (χ1n) is 7.32. The number of amides is 2. The Balaban J connectivity index is 2.72. The van der Waals surface area contributed by atoms with Crippen LogP contribution in [-0.4, -0.2) is 38.1 Å². The number of nitrogens with one attached hydrogen (secondary N) is 1. The number of hydrogen-bond acceptors (Lipinski definition) is 4. The van der Waals surface area contributed by atoms with Gasteiger partial charge in [-0.15, -0.1) is 0 Å². The molecule has 1 fully saturated rings. The molecule has 1 saturated heterocycles. The van der Waals surface area contributed by atoms with Crippen LogP contribution in [0.4, 0.5) is 0 Å². The Kier molecular flexibility index (Phi) is 5.95. The van der Waals surface area contributed by atoms with Crippen LogP contribution in [0.15, 0.2) is 0 Å². The lowest BCUT2D eigenvalue weighted by molar-refractivity contribution is -0.136. The third kappa shape index (κ3) is 3.30. The van der Waals surface area contributed by atoms with Crippen molar-refractivity contribution in [3.8, 4) is 0 Å². The minimum absolute atomic E-state index is 0.0860. The summed E-state index contributed by atoms with van der Waals surface area (Å²) < 4.78 is 5.27. The lowest BCUT2D eigenvalue weighted by atomic mass is 9.78. The number of ether oxygens (including phenoxy) is 1. The zero-order chi connectivity index (χ0) is 15.2. The maximum atomic E-state index is 12.4. The van der Waals surface area contributed by atoms with Gasteiger partial charge in [-0.05, 0) is 25.7 Å². The highest BCUT2D eigenvalue weighted by atomic mass is 16.5. The van der Waals surface area contributed by atoms with Crippen molar-refractivity contribution < 1.29 is 14.3 Å². The summed E-state index contributed by atoms with van der Waals surface area (Å²) in [5.74, 6) is -0.454.